The zero-order valence-electron chi connectivity index (χ0n) is 19.0. The van der Waals surface area contributed by atoms with Crippen molar-refractivity contribution in [2.75, 3.05) is 21.1 Å². The number of rotatable bonds is 3. The van der Waals surface area contributed by atoms with Crippen LogP contribution in [-0.2, 0) is 34.8 Å². The summed E-state index contributed by atoms with van der Waals surface area (Å²) in [4.78, 5) is 30.4. The summed E-state index contributed by atoms with van der Waals surface area (Å²) in [6.07, 6.45) is 0.105. The molecule has 2 aliphatic rings. The molecule has 0 fully saturated rings. The molecule has 2 aromatic heterocycles. The van der Waals surface area contributed by atoms with E-state index in [1.54, 1.807) is 29.7 Å². The van der Waals surface area contributed by atoms with Crippen LogP contribution in [0.2, 0.25) is 0 Å². The predicted octanol–water partition coefficient (Wildman–Crippen LogP) is -1.00. The number of halogens is 1. The maximum atomic E-state index is 13.3. The predicted molar refractivity (Wildman–Crippen MR) is 118 cm³/mol. The molecule has 0 saturated heterocycles. The molecule has 4 heterocycles. The Kier molecular flexibility index (Phi) is 5.58. The summed E-state index contributed by atoms with van der Waals surface area (Å²) in [5.74, 6) is -0.513. The third-order valence-electron chi connectivity index (χ3n) is 6.41. The number of pyridine rings is 2. The zero-order valence-corrected chi connectivity index (χ0v) is 21.1. The van der Waals surface area contributed by atoms with Crippen molar-refractivity contribution in [1.82, 2.24) is 9.55 Å². The lowest BCUT2D eigenvalue weighted by Crippen LogP contribution is -3.00. The van der Waals surface area contributed by atoms with Crippen molar-refractivity contribution >= 4 is 16.9 Å². The number of aliphatic hydroxyl groups is 1. The molecule has 33 heavy (non-hydrogen) atoms. The first-order valence-corrected chi connectivity index (χ1v) is 10.7. The number of aromatic nitrogens is 2. The van der Waals surface area contributed by atoms with E-state index in [2.05, 4.69) is 21.1 Å². The van der Waals surface area contributed by atoms with E-state index in [1.165, 1.54) is 0 Å². The fraction of sp³-hybridized carbons (Fsp3) is 0.375. The molecule has 0 amide bonds. The lowest BCUT2D eigenvalue weighted by atomic mass is 9.86. The minimum atomic E-state index is -1.84. The van der Waals surface area contributed by atoms with Crippen LogP contribution in [-0.4, -0.2) is 51.4 Å². The molecule has 2 N–H and O–H groups in total. The summed E-state index contributed by atoms with van der Waals surface area (Å²) < 4.78 is 7.37. The van der Waals surface area contributed by atoms with Crippen molar-refractivity contribution in [3.63, 3.8) is 0 Å². The molecular formula is C24H26IN3O5. The fourth-order valence-electron chi connectivity index (χ4n) is 4.74. The minimum absolute atomic E-state index is 0. The first kappa shape index (κ1) is 23.7. The first-order chi connectivity index (χ1) is 15.0. The lowest BCUT2D eigenvalue weighted by molar-refractivity contribution is -0.883. The van der Waals surface area contributed by atoms with E-state index in [9.17, 15) is 19.8 Å². The average Bonchev–Trinajstić information content (AvgIpc) is 3.09. The first-order valence-electron chi connectivity index (χ1n) is 10.7. The second kappa shape index (κ2) is 7.78. The Morgan fingerprint density at radius 2 is 1.94 bits per heavy atom. The molecular weight excluding hydrogens is 537 g/mol. The highest BCUT2D eigenvalue weighted by Crippen LogP contribution is 2.39. The number of cyclic esters (lactones) is 1. The van der Waals surface area contributed by atoms with Gasteiger partial charge in [0.15, 0.2) is 5.60 Å². The number of nitrogens with zero attached hydrogens (tertiary/aromatic N) is 3. The van der Waals surface area contributed by atoms with Crippen LogP contribution >= 0.6 is 0 Å². The Morgan fingerprint density at radius 1 is 1.21 bits per heavy atom. The van der Waals surface area contributed by atoms with Gasteiger partial charge in [-0.25, -0.2) is 9.78 Å². The maximum Gasteiger partial charge on any atom is 0.343 e. The molecule has 0 radical (unpaired) electrons. The Bertz CT molecular complexity index is 1380. The summed E-state index contributed by atoms with van der Waals surface area (Å²) >= 11 is 0. The molecule has 1 unspecified atom stereocenters. The van der Waals surface area contributed by atoms with Crippen molar-refractivity contribution in [2.45, 2.75) is 38.6 Å². The number of aromatic hydroxyl groups is 1. The molecule has 9 heteroatoms. The molecule has 1 aromatic carbocycles. The molecule has 8 nitrogen and oxygen atoms in total. The van der Waals surface area contributed by atoms with Crippen molar-refractivity contribution in [3.05, 3.63) is 56.9 Å². The summed E-state index contributed by atoms with van der Waals surface area (Å²) in [7, 11) is 6.16. The Balaban J connectivity index is 0.00000259. The van der Waals surface area contributed by atoms with Gasteiger partial charge in [0.1, 0.15) is 18.9 Å². The van der Waals surface area contributed by atoms with Gasteiger partial charge in [-0.1, -0.05) is 6.92 Å². The number of quaternary nitrogens is 1. The van der Waals surface area contributed by atoms with E-state index in [0.29, 0.717) is 45.6 Å². The van der Waals surface area contributed by atoms with Gasteiger partial charge in [-0.2, -0.15) is 0 Å². The molecule has 0 spiro atoms. The van der Waals surface area contributed by atoms with Gasteiger partial charge in [-0.3, -0.25) is 4.79 Å². The number of ether oxygens (including phenoxy) is 1. The third kappa shape index (κ3) is 3.53. The Labute approximate surface area is 208 Å². The van der Waals surface area contributed by atoms with Crippen LogP contribution in [0.25, 0.3) is 22.3 Å². The highest BCUT2D eigenvalue weighted by molar-refractivity contribution is 5.89. The number of hydrogen-bond donors (Lipinski definition) is 2. The fourth-order valence-corrected chi connectivity index (χ4v) is 4.74. The maximum absolute atomic E-state index is 13.3. The van der Waals surface area contributed by atoms with Gasteiger partial charge in [-0.05, 0) is 30.7 Å². The van der Waals surface area contributed by atoms with Gasteiger partial charge in [0.2, 0.25) is 0 Å². The molecule has 1 atom stereocenters. The van der Waals surface area contributed by atoms with Gasteiger partial charge in [-0.15, -0.1) is 0 Å². The SMILES string of the molecule is CCC1(O)C(=O)OCc2c1cc1n(c2=O)Cc2cc3c(C[N+](C)(C)C)c(O)ccc3nc2-1.[I-]. The van der Waals surface area contributed by atoms with E-state index in [0.717, 1.165) is 16.5 Å². The van der Waals surface area contributed by atoms with Gasteiger partial charge in [0.05, 0.1) is 55.7 Å². The van der Waals surface area contributed by atoms with Crippen molar-refractivity contribution in [2.24, 2.45) is 0 Å². The smallest absolute Gasteiger partial charge is 0.343 e. The van der Waals surface area contributed by atoms with Crippen LogP contribution < -0.4 is 29.5 Å². The van der Waals surface area contributed by atoms with Crippen molar-refractivity contribution < 1.29 is 48.2 Å². The van der Waals surface area contributed by atoms with Crippen molar-refractivity contribution in [1.29, 1.82) is 0 Å². The highest BCUT2D eigenvalue weighted by Gasteiger charge is 2.45. The zero-order chi connectivity index (χ0) is 23.0. The number of phenolic OH excluding ortho intramolecular Hbond substituents is 1. The topological polar surface area (TPSA) is 102 Å². The molecule has 5 rings (SSSR count). The molecule has 2 aliphatic heterocycles. The summed E-state index contributed by atoms with van der Waals surface area (Å²) in [5, 5.41) is 22.4. The Morgan fingerprint density at radius 3 is 2.61 bits per heavy atom. The number of carbonyl (C=O) groups excluding carboxylic acids is 1. The average molecular weight is 563 g/mol. The highest BCUT2D eigenvalue weighted by atomic mass is 127. The lowest BCUT2D eigenvalue weighted by Gasteiger charge is -2.31. The number of esters is 1. The number of hydrogen-bond acceptors (Lipinski definition) is 6. The van der Waals surface area contributed by atoms with E-state index >= 15 is 0 Å². The number of carbonyl (C=O) groups is 1. The van der Waals surface area contributed by atoms with Gasteiger partial charge in [0, 0.05) is 16.5 Å². The molecule has 0 bridgehead atoms. The van der Waals surface area contributed by atoms with E-state index in [1.807, 2.05) is 6.07 Å². The molecule has 174 valence electrons. The molecule has 0 aliphatic carbocycles. The second-order valence-electron chi connectivity index (χ2n) is 9.68. The van der Waals surface area contributed by atoms with Crippen LogP contribution in [0.1, 0.15) is 35.6 Å². The second-order valence-corrected chi connectivity index (χ2v) is 9.68. The Hall–Kier alpha value is -2.50. The summed E-state index contributed by atoms with van der Waals surface area (Å²) in [5.41, 5.74) is 2.10. The number of phenols is 1. The van der Waals surface area contributed by atoms with Crippen LogP contribution in [0, 0.1) is 0 Å². The standard InChI is InChI=1S/C24H25N3O5.HI/c1-5-24(31)17-9-19-21-13(10-26(19)22(29)16(17)12-32-23(24)30)8-14-15(11-27(2,3)4)20(28)7-6-18(14)25-21;/h6-9,31H,5,10-12H2,1-4H3;1H. The largest absolute Gasteiger partial charge is 1.00 e. The monoisotopic (exact) mass is 563 g/mol. The summed E-state index contributed by atoms with van der Waals surface area (Å²) in [6.45, 7) is 2.48. The van der Waals surface area contributed by atoms with Gasteiger partial charge >= 0.3 is 5.97 Å². The number of benzene rings is 1. The van der Waals surface area contributed by atoms with Gasteiger partial charge < -0.3 is 48.0 Å². The minimum Gasteiger partial charge on any atom is -1.00 e. The van der Waals surface area contributed by atoms with E-state index in [4.69, 9.17) is 9.72 Å². The quantitative estimate of drug-likeness (QED) is 0.189. The summed E-state index contributed by atoms with van der Waals surface area (Å²) in [6, 6.07) is 7.11. The normalized spacial score (nSPS) is 18.9. The van der Waals surface area contributed by atoms with E-state index < -0.39 is 11.6 Å². The van der Waals surface area contributed by atoms with Crippen LogP contribution in [0.15, 0.2) is 29.1 Å². The number of fused-ring (bicyclic) bond motifs is 5. The van der Waals surface area contributed by atoms with E-state index in [-0.39, 0.29) is 48.3 Å². The molecule has 0 saturated carbocycles. The third-order valence-corrected chi connectivity index (χ3v) is 6.41. The van der Waals surface area contributed by atoms with Crippen LogP contribution in [0.4, 0.5) is 0 Å². The van der Waals surface area contributed by atoms with Crippen LogP contribution in [0.3, 0.4) is 0 Å². The van der Waals surface area contributed by atoms with Gasteiger partial charge in [0.25, 0.3) is 5.56 Å². The van der Waals surface area contributed by atoms with Crippen LogP contribution in [0.5, 0.6) is 5.75 Å². The molecule has 3 aromatic rings. The van der Waals surface area contributed by atoms with Crippen molar-refractivity contribution in [3.8, 4) is 17.1 Å².